The molecule has 9 heteroatoms. The second-order valence-corrected chi connectivity index (χ2v) is 4.51. The molecular weight excluding hydrogens is 314 g/mol. The summed E-state index contributed by atoms with van der Waals surface area (Å²) in [5.41, 5.74) is -0.116. The summed E-state index contributed by atoms with van der Waals surface area (Å²) in [5.74, 6) is -1.69. The van der Waals surface area contributed by atoms with E-state index in [-0.39, 0.29) is 33.4 Å². The molecule has 2 N–H and O–H groups in total. The number of nitrogens with zero attached hydrogens (tertiary/aromatic N) is 3. The van der Waals surface area contributed by atoms with Crippen molar-refractivity contribution in [1.82, 2.24) is 0 Å². The highest BCUT2D eigenvalue weighted by atomic mass is 35.5. The fourth-order valence-electron chi connectivity index (χ4n) is 1.56. The second kappa shape index (κ2) is 6.19. The van der Waals surface area contributed by atoms with Crippen LogP contribution in [0, 0.1) is 10.1 Å². The number of carboxylic acids is 1. The average Bonchev–Trinajstić information content (AvgIpc) is 2.46. The van der Waals surface area contributed by atoms with Gasteiger partial charge < -0.3 is 10.2 Å². The third kappa shape index (κ3) is 3.36. The number of aromatic hydroxyl groups is 1. The number of halogens is 1. The Kier molecular flexibility index (Phi) is 4.33. The highest BCUT2D eigenvalue weighted by Crippen LogP contribution is 2.31. The fraction of sp³-hybridized carbons (Fsp3) is 0. The fourth-order valence-corrected chi connectivity index (χ4v) is 1.77. The van der Waals surface area contributed by atoms with Crippen LogP contribution in [0.4, 0.5) is 17.1 Å². The van der Waals surface area contributed by atoms with E-state index in [1.807, 2.05) is 0 Å². The molecule has 0 aliphatic rings. The molecule has 112 valence electrons. The van der Waals surface area contributed by atoms with E-state index in [9.17, 15) is 20.0 Å². The van der Waals surface area contributed by atoms with Gasteiger partial charge in [-0.05, 0) is 24.3 Å². The lowest BCUT2D eigenvalue weighted by Gasteiger charge is -2.00. The number of carbonyl (C=O) groups is 1. The predicted molar refractivity (Wildman–Crippen MR) is 77.3 cm³/mol. The molecule has 0 unspecified atom stereocenters. The molecule has 0 aromatic heterocycles. The van der Waals surface area contributed by atoms with Crippen molar-refractivity contribution in [1.29, 1.82) is 0 Å². The molecule has 2 aromatic carbocycles. The van der Waals surface area contributed by atoms with Gasteiger partial charge in [0.2, 0.25) is 0 Å². The number of rotatable bonds is 4. The molecule has 0 fully saturated rings. The third-order valence-corrected chi connectivity index (χ3v) is 2.93. The summed E-state index contributed by atoms with van der Waals surface area (Å²) >= 11 is 5.85. The summed E-state index contributed by atoms with van der Waals surface area (Å²) in [6.45, 7) is 0. The molecule has 0 heterocycles. The Hall–Kier alpha value is -3.00. The van der Waals surface area contributed by atoms with Gasteiger partial charge >= 0.3 is 5.97 Å². The Balaban J connectivity index is 2.31. The number of non-ortho nitro benzene ring substituents is 1. The van der Waals surface area contributed by atoms with Gasteiger partial charge in [0, 0.05) is 12.1 Å². The van der Waals surface area contributed by atoms with Crippen LogP contribution < -0.4 is 0 Å². The van der Waals surface area contributed by atoms with Crippen LogP contribution >= 0.6 is 11.6 Å². The molecule has 0 amide bonds. The zero-order valence-electron chi connectivity index (χ0n) is 10.8. The topological polar surface area (TPSA) is 125 Å². The van der Waals surface area contributed by atoms with Gasteiger partial charge in [-0.1, -0.05) is 11.6 Å². The summed E-state index contributed by atoms with van der Waals surface area (Å²) in [6, 6.07) is 7.36. The molecule has 8 nitrogen and oxygen atoms in total. The first-order valence-electron chi connectivity index (χ1n) is 5.80. The van der Waals surface area contributed by atoms with Gasteiger partial charge in [-0.3, -0.25) is 10.1 Å². The van der Waals surface area contributed by atoms with Crippen molar-refractivity contribution in [3.05, 3.63) is 57.1 Å². The van der Waals surface area contributed by atoms with Crippen LogP contribution in [0.2, 0.25) is 5.02 Å². The number of phenols is 1. The highest BCUT2D eigenvalue weighted by Gasteiger charge is 2.11. The molecule has 0 aliphatic heterocycles. The minimum Gasteiger partial charge on any atom is -0.507 e. The Labute approximate surface area is 128 Å². The number of benzene rings is 2. The standard InChI is InChI=1S/C13H8ClN3O5/c14-10-6-8(17(21)22)2-3-11(10)16-15-7-1-4-12(18)9(5-7)13(19)20/h1-6,18H,(H,19,20). The SMILES string of the molecule is O=C(O)c1cc(N=Nc2ccc([N+](=O)[O-])cc2Cl)ccc1O. The molecule has 0 saturated heterocycles. The number of azo groups is 1. The van der Waals surface area contributed by atoms with E-state index in [0.717, 1.165) is 12.1 Å². The van der Waals surface area contributed by atoms with E-state index < -0.39 is 10.9 Å². The van der Waals surface area contributed by atoms with Crippen molar-refractivity contribution in [3.8, 4) is 5.75 Å². The largest absolute Gasteiger partial charge is 0.507 e. The summed E-state index contributed by atoms with van der Waals surface area (Å²) in [6.07, 6.45) is 0. The molecule has 0 aliphatic carbocycles. The van der Waals surface area contributed by atoms with Gasteiger partial charge in [0.05, 0.1) is 15.6 Å². The summed E-state index contributed by atoms with van der Waals surface area (Å²) in [4.78, 5) is 20.9. The first kappa shape index (κ1) is 15.4. The van der Waals surface area contributed by atoms with Crippen LogP contribution in [-0.2, 0) is 0 Å². The maximum absolute atomic E-state index is 10.9. The van der Waals surface area contributed by atoms with E-state index in [1.54, 1.807) is 0 Å². The van der Waals surface area contributed by atoms with E-state index in [4.69, 9.17) is 16.7 Å². The number of aromatic carboxylic acids is 1. The Morgan fingerprint density at radius 1 is 1.18 bits per heavy atom. The van der Waals surface area contributed by atoms with E-state index in [2.05, 4.69) is 10.2 Å². The zero-order valence-corrected chi connectivity index (χ0v) is 11.6. The Morgan fingerprint density at radius 3 is 2.50 bits per heavy atom. The van der Waals surface area contributed by atoms with Crippen LogP contribution in [0.5, 0.6) is 5.75 Å². The normalized spacial score (nSPS) is 10.8. The van der Waals surface area contributed by atoms with Crippen LogP contribution in [0.3, 0.4) is 0 Å². The zero-order chi connectivity index (χ0) is 16.3. The maximum atomic E-state index is 10.9. The molecule has 0 bridgehead atoms. The summed E-state index contributed by atoms with van der Waals surface area (Å²) in [5, 5.41) is 36.5. The predicted octanol–water partition coefficient (Wildman–Crippen LogP) is 4.07. The lowest BCUT2D eigenvalue weighted by Crippen LogP contribution is -1.95. The maximum Gasteiger partial charge on any atom is 0.339 e. The molecule has 22 heavy (non-hydrogen) atoms. The van der Waals surface area contributed by atoms with Crippen LogP contribution in [0.15, 0.2) is 46.6 Å². The molecule has 0 radical (unpaired) electrons. The lowest BCUT2D eigenvalue weighted by molar-refractivity contribution is -0.384. The van der Waals surface area contributed by atoms with Crippen molar-refractivity contribution in [3.63, 3.8) is 0 Å². The van der Waals surface area contributed by atoms with Crippen molar-refractivity contribution < 1.29 is 19.9 Å². The monoisotopic (exact) mass is 321 g/mol. The minimum absolute atomic E-state index is 0.0372. The van der Waals surface area contributed by atoms with Crippen molar-refractivity contribution in [2.24, 2.45) is 10.2 Å². The number of hydrogen-bond donors (Lipinski definition) is 2. The number of carboxylic acid groups (broad SMARTS) is 1. The first-order chi connectivity index (χ1) is 10.4. The van der Waals surface area contributed by atoms with E-state index in [1.165, 1.54) is 24.3 Å². The first-order valence-corrected chi connectivity index (χ1v) is 6.18. The van der Waals surface area contributed by atoms with Crippen LogP contribution in [-0.4, -0.2) is 21.1 Å². The summed E-state index contributed by atoms with van der Waals surface area (Å²) in [7, 11) is 0. The van der Waals surface area contributed by atoms with Gasteiger partial charge in [0.15, 0.2) is 0 Å². The molecule has 0 atom stereocenters. The van der Waals surface area contributed by atoms with Gasteiger partial charge in [0.25, 0.3) is 5.69 Å². The third-order valence-electron chi connectivity index (χ3n) is 2.63. The highest BCUT2D eigenvalue weighted by molar-refractivity contribution is 6.33. The van der Waals surface area contributed by atoms with Crippen molar-refractivity contribution in [2.45, 2.75) is 0 Å². The van der Waals surface area contributed by atoms with Crippen molar-refractivity contribution in [2.75, 3.05) is 0 Å². The van der Waals surface area contributed by atoms with Gasteiger partial charge in [0.1, 0.15) is 17.0 Å². The van der Waals surface area contributed by atoms with Gasteiger partial charge in [-0.25, -0.2) is 4.79 Å². The number of nitro benzene ring substituents is 1. The van der Waals surface area contributed by atoms with Crippen LogP contribution in [0.25, 0.3) is 0 Å². The average molecular weight is 322 g/mol. The quantitative estimate of drug-likeness (QED) is 0.498. The number of nitro groups is 1. The molecule has 0 spiro atoms. The van der Waals surface area contributed by atoms with E-state index in [0.29, 0.717) is 0 Å². The Morgan fingerprint density at radius 2 is 1.91 bits per heavy atom. The Bertz CT molecular complexity index is 791. The summed E-state index contributed by atoms with van der Waals surface area (Å²) < 4.78 is 0. The van der Waals surface area contributed by atoms with Crippen molar-refractivity contribution >= 4 is 34.6 Å². The van der Waals surface area contributed by atoms with Crippen LogP contribution in [0.1, 0.15) is 10.4 Å². The second-order valence-electron chi connectivity index (χ2n) is 4.10. The number of hydrogen-bond acceptors (Lipinski definition) is 6. The lowest BCUT2D eigenvalue weighted by atomic mass is 10.2. The van der Waals surface area contributed by atoms with Gasteiger partial charge in [-0.2, -0.15) is 5.11 Å². The van der Waals surface area contributed by atoms with Gasteiger partial charge in [-0.15, -0.1) is 5.11 Å². The molecule has 2 rings (SSSR count). The molecule has 2 aromatic rings. The molecular formula is C13H8ClN3O5. The van der Waals surface area contributed by atoms with E-state index >= 15 is 0 Å². The minimum atomic E-state index is -1.30. The smallest absolute Gasteiger partial charge is 0.339 e. The molecule has 0 saturated carbocycles.